The number of hydrogen-bond donors (Lipinski definition) is 0. The summed E-state index contributed by atoms with van der Waals surface area (Å²) < 4.78 is 91.3. The van der Waals surface area contributed by atoms with Crippen LogP contribution in [0.1, 0.15) is 74.0 Å². The molecule has 1 aromatic carbocycles. The van der Waals surface area contributed by atoms with Gasteiger partial charge in [0.2, 0.25) is 0 Å². The summed E-state index contributed by atoms with van der Waals surface area (Å²) in [5.74, 6) is 0.109. The molecule has 2 aliphatic rings. The molecule has 8 nitrogen and oxygen atoms in total. The number of ether oxygens (including phenoxy) is 2. The van der Waals surface area contributed by atoms with E-state index < -0.39 is 47.3 Å². The standard InChI is InChI=1S/C27H32F6N4O4/c1-25(2,3)41-24(39)35-9-5-18(6-10-35)22-14-21-15-36(7-4-8-37(21)34-22)23(38)40-16-17-11-19(26(28,29)30)13-20(12-17)27(31,32)33/h11-14,18H,4-10,15-16H2,1-3H3. The number of halogens is 6. The Hall–Kier alpha value is -3.45. The summed E-state index contributed by atoms with van der Waals surface area (Å²) in [4.78, 5) is 28.2. The summed E-state index contributed by atoms with van der Waals surface area (Å²) in [6.45, 7) is 6.65. The maximum absolute atomic E-state index is 13.1. The van der Waals surface area contributed by atoms with Gasteiger partial charge in [0, 0.05) is 32.1 Å². The Balaban J connectivity index is 1.38. The van der Waals surface area contributed by atoms with Crippen LogP contribution in [0.25, 0.3) is 0 Å². The van der Waals surface area contributed by atoms with Crippen LogP contribution in [0.2, 0.25) is 0 Å². The van der Waals surface area contributed by atoms with Gasteiger partial charge in [-0.2, -0.15) is 31.4 Å². The molecule has 4 rings (SSSR count). The Morgan fingerprint density at radius 2 is 1.46 bits per heavy atom. The molecule has 0 N–H and O–H groups in total. The minimum atomic E-state index is -4.99. The van der Waals surface area contributed by atoms with Crippen molar-refractivity contribution in [3.8, 4) is 0 Å². The van der Waals surface area contributed by atoms with Crippen molar-refractivity contribution in [1.29, 1.82) is 0 Å². The zero-order chi connectivity index (χ0) is 30.2. The van der Waals surface area contributed by atoms with E-state index in [9.17, 15) is 35.9 Å². The van der Waals surface area contributed by atoms with Crippen LogP contribution in [-0.4, -0.2) is 57.0 Å². The molecule has 2 aromatic rings. The van der Waals surface area contributed by atoms with E-state index in [1.165, 1.54) is 4.90 Å². The number of likely N-dealkylation sites (tertiary alicyclic amines) is 1. The summed E-state index contributed by atoms with van der Waals surface area (Å²) in [5.41, 5.74) is -2.37. The van der Waals surface area contributed by atoms with Gasteiger partial charge in [-0.05, 0) is 69.9 Å². The quantitative estimate of drug-likeness (QED) is 0.378. The van der Waals surface area contributed by atoms with Crippen molar-refractivity contribution in [1.82, 2.24) is 19.6 Å². The lowest BCUT2D eigenvalue weighted by atomic mass is 9.93. The summed E-state index contributed by atoms with van der Waals surface area (Å²) in [7, 11) is 0. The lowest BCUT2D eigenvalue weighted by Gasteiger charge is -2.32. The molecule has 2 aliphatic heterocycles. The number of nitrogens with zero attached hydrogens (tertiary/aromatic N) is 4. The zero-order valence-corrected chi connectivity index (χ0v) is 22.9. The van der Waals surface area contributed by atoms with Crippen LogP contribution in [-0.2, 0) is 41.5 Å². The highest BCUT2D eigenvalue weighted by Crippen LogP contribution is 2.36. The van der Waals surface area contributed by atoms with Crippen molar-refractivity contribution in [3.63, 3.8) is 0 Å². The summed E-state index contributed by atoms with van der Waals surface area (Å²) in [5, 5.41) is 4.71. The minimum absolute atomic E-state index is 0.0280. The number of carbonyl (C=O) groups excluding carboxylic acids is 2. The molecular weight excluding hydrogens is 558 g/mol. The Labute approximate surface area is 233 Å². The highest BCUT2D eigenvalue weighted by molar-refractivity contribution is 5.68. The third-order valence-corrected chi connectivity index (χ3v) is 6.87. The number of aromatic nitrogens is 2. The van der Waals surface area contributed by atoms with Crippen molar-refractivity contribution >= 4 is 12.2 Å². The van der Waals surface area contributed by atoms with E-state index in [0.717, 1.165) is 11.4 Å². The van der Waals surface area contributed by atoms with Gasteiger partial charge in [0.1, 0.15) is 12.2 Å². The first-order valence-electron chi connectivity index (χ1n) is 13.2. The molecule has 0 saturated carbocycles. The van der Waals surface area contributed by atoms with Gasteiger partial charge in [0.25, 0.3) is 0 Å². The second kappa shape index (κ2) is 11.4. The third-order valence-electron chi connectivity index (χ3n) is 6.87. The summed E-state index contributed by atoms with van der Waals surface area (Å²) >= 11 is 0. The van der Waals surface area contributed by atoms with E-state index >= 15 is 0 Å². The van der Waals surface area contributed by atoms with Crippen molar-refractivity contribution in [3.05, 3.63) is 52.3 Å². The summed E-state index contributed by atoms with van der Waals surface area (Å²) in [6, 6.07) is 3.00. The number of piperidine rings is 1. The van der Waals surface area contributed by atoms with Gasteiger partial charge < -0.3 is 19.3 Å². The topological polar surface area (TPSA) is 76.9 Å². The van der Waals surface area contributed by atoms with Gasteiger partial charge in [-0.25, -0.2) is 9.59 Å². The van der Waals surface area contributed by atoms with E-state index in [1.807, 2.05) is 26.8 Å². The van der Waals surface area contributed by atoms with E-state index in [2.05, 4.69) is 0 Å². The molecule has 41 heavy (non-hydrogen) atoms. The molecule has 0 aliphatic carbocycles. The van der Waals surface area contributed by atoms with Crippen LogP contribution in [0.5, 0.6) is 0 Å². The molecule has 14 heteroatoms. The fourth-order valence-electron chi connectivity index (χ4n) is 4.86. The Morgan fingerprint density at radius 1 is 0.854 bits per heavy atom. The van der Waals surface area contributed by atoms with Crippen LogP contribution in [0.4, 0.5) is 35.9 Å². The lowest BCUT2D eigenvalue weighted by molar-refractivity contribution is -0.143. The largest absolute Gasteiger partial charge is 0.445 e. The maximum atomic E-state index is 13.1. The molecule has 0 atom stereocenters. The zero-order valence-electron chi connectivity index (χ0n) is 22.9. The number of hydrogen-bond acceptors (Lipinski definition) is 5. The molecule has 1 aromatic heterocycles. The molecule has 0 bridgehead atoms. The van der Waals surface area contributed by atoms with Gasteiger partial charge in [0.05, 0.1) is 29.1 Å². The Kier molecular flexibility index (Phi) is 8.51. The van der Waals surface area contributed by atoms with Crippen LogP contribution in [0.15, 0.2) is 24.3 Å². The van der Waals surface area contributed by atoms with Crippen LogP contribution >= 0.6 is 0 Å². The van der Waals surface area contributed by atoms with E-state index in [4.69, 9.17) is 14.6 Å². The second-order valence-electron chi connectivity index (χ2n) is 11.3. The molecule has 3 heterocycles. The minimum Gasteiger partial charge on any atom is -0.445 e. The smallest absolute Gasteiger partial charge is 0.416 e. The van der Waals surface area contributed by atoms with Gasteiger partial charge in [0.15, 0.2) is 0 Å². The molecule has 226 valence electrons. The number of amides is 2. The van der Waals surface area contributed by atoms with E-state index in [-0.39, 0.29) is 31.2 Å². The molecule has 2 amide bonds. The molecule has 1 saturated heterocycles. The number of rotatable bonds is 3. The summed E-state index contributed by atoms with van der Waals surface area (Å²) in [6.07, 6.45) is -9.28. The second-order valence-corrected chi connectivity index (χ2v) is 11.3. The monoisotopic (exact) mass is 590 g/mol. The SMILES string of the molecule is CC(C)(C)OC(=O)N1CCC(c2cc3n(n2)CCCN(C(=O)OCc2cc(C(F)(F)F)cc(C(F)(F)F)c2)C3)CC1. The average molecular weight is 591 g/mol. The van der Waals surface area contributed by atoms with Gasteiger partial charge in [-0.1, -0.05) is 0 Å². The molecule has 0 radical (unpaired) electrons. The predicted octanol–water partition coefficient (Wildman–Crippen LogP) is 6.58. The molecular formula is C27H32F6N4O4. The molecule has 1 fully saturated rings. The fourth-order valence-corrected chi connectivity index (χ4v) is 4.86. The highest BCUT2D eigenvalue weighted by atomic mass is 19.4. The van der Waals surface area contributed by atoms with Crippen molar-refractivity contribution < 1.29 is 45.4 Å². The van der Waals surface area contributed by atoms with Crippen molar-refractivity contribution in [2.24, 2.45) is 0 Å². The number of carbonyl (C=O) groups is 2. The number of aryl methyl sites for hydroxylation is 1. The first kappa shape index (κ1) is 30.5. The van der Waals surface area contributed by atoms with Crippen LogP contribution in [0.3, 0.4) is 0 Å². The third kappa shape index (κ3) is 7.85. The maximum Gasteiger partial charge on any atom is 0.416 e. The highest BCUT2D eigenvalue weighted by Gasteiger charge is 2.37. The van der Waals surface area contributed by atoms with Gasteiger partial charge in [-0.15, -0.1) is 0 Å². The Morgan fingerprint density at radius 3 is 2.02 bits per heavy atom. The molecule has 0 spiro atoms. The van der Waals surface area contributed by atoms with Gasteiger partial charge in [-0.3, -0.25) is 4.68 Å². The molecule has 0 unspecified atom stereocenters. The first-order valence-corrected chi connectivity index (χ1v) is 13.2. The number of benzene rings is 1. The average Bonchev–Trinajstić information content (AvgIpc) is 3.16. The van der Waals surface area contributed by atoms with E-state index in [1.54, 1.807) is 9.58 Å². The van der Waals surface area contributed by atoms with Crippen molar-refractivity contribution in [2.75, 3.05) is 19.6 Å². The fraction of sp³-hybridized carbons (Fsp3) is 0.593. The normalized spacial score (nSPS) is 17.2. The Bertz CT molecular complexity index is 1230. The lowest BCUT2D eigenvalue weighted by Crippen LogP contribution is -2.41. The predicted molar refractivity (Wildman–Crippen MR) is 134 cm³/mol. The number of fused-ring (bicyclic) bond motifs is 1. The van der Waals surface area contributed by atoms with Crippen LogP contribution in [0, 0.1) is 0 Å². The van der Waals surface area contributed by atoms with Crippen LogP contribution < -0.4 is 0 Å². The van der Waals surface area contributed by atoms with Gasteiger partial charge >= 0.3 is 24.5 Å². The first-order chi connectivity index (χ1) is 19.0. The van der Waals surface area contributed by atoms with Crippen molar-refractivity contribution in [2.45, 2.75) is 83.6 Å². The van der Waals surface area contributed by atoms with E-state index in [0.29, 0.717) is 51.0 Å². The number of alkyl halides is 6.